The van der Waals surface area contributed by atoms with Crippen LogP contribution in [0.25, 0.3) is 0 Å². The third kappa shape index (κ3) is 2.33. The van der Waals surface area contributed by atoms with Gasteiger partial charge in [0.25, 0.3) is 0 Å². The number of hydrogen-bond acceptors (Lipinski definition) is 3. The number of carboxylic acid groups (broad SMARTS) is 1. The molecule has 98 valence electrons. The Morgan fingerprint density at radius 2 is 2.06 bits per heavy atom. The van der Waals surface area contributed by atoms with Gasteiger partial charge in [0.15, 0.2) is 0 Å². The average molecular weight is 250 g/mol. The molecular formula is C14H18O4. The van der Waals surface area contributed by atoms with Crippen molar-refractivity contribution < 1.29 is 19.4 Å². The Hall–Kier alpha value is -1.58. The molecular weight excluding hydrogens is 232 g/mol. The van der Waals surface area contributed by atoms with E-state index < -0.39 is 11.9 Å². The molecule has 0 heterocycles. The molecule has 2 rings (SSSR count). The molecule has 0 saturated carbocycles. The molecule has 2 aliphatic rings. The normalized spacial score (nSPS) is 30.9. The van der Waals surface area contributed by atoms with Gasteiger partial charge in [-0.2, -0.15) is 0 Å². The molecule has 0 aromatic heterocycles. The number of fused-ring (bicyclic) bond motifs is 1. The standard InChI is InChI=1S/C14H18O4/c1-8-6-7-10-11(13(8)18-9(2)15)4-3-5-12(10)14(16)17/h4,7-8,12-13H,3,5-6H2,1-2H3,(H,16,17). The van der Waals surface area contributed by atoms with E-state index in [9.17, 15) is 14.7 Å². The van der Waals surface area contributed by atoms with Gasteiger partial charge in [-0.1, -0.05) is 19.1 Å². The van der Waals surface area contributed by atoms with Crippen molar-refractivity contribution in [2.45, 2.75) is 39.2 Å². The Morgan fingerprint density at radius 3 is 2.67 bits per heavy atom. The summed E-state index contributed by atoms with van der Waals surface area (Å²) in [5.41, 5.74) is 1.75. The van der Waals surface area contributed by atoms with Crippen LogP contribution in [-0.2, 0) is 14.3 Å². The van der Waals surface area contributed by atoms with Crippen LogP contribution in [0.4, 0.5) is 0 Å². The number of hydrogen-bond donors (Lipinski definition) is 1. The fourth-order valence-electron chi connectivity index (χ4n) is 2.78. The minimum Gasteiger partial charge on any atom is -0.481 e. The van der Waals surface area contributed by atoms with E-state index in [2.05, 4.69) is 0 Å². The van der Waals surface area contributed by atoms with E-state index in [1.54, 1.807) is 0 Å². The van der Waals surface area contributed by atoms with Gasteiger partial charge in [-0.15, -0.1) is 0 Å². The van der Waals surface area contributed by atoms with Gasteiger partial charge in [0.2, 0.25) is 0 Å². The summed E-state index contributed by atoms with van der Waals surface area (Å²) in [6, 6.07) is 0. The first kappa shape index (κ1) is 12.9. The third-order valence-electron chi connectivity index (χ3n) is 3.65. The van der Waals surface area contributed by atoms with Gasteiger partial charge in [0, 0.05) is 12.8 Å². The number of rotatable bonds is 2. The molecule has 0 amide bonds. The predicted molar refractivity (Wildman–Crippen MR) is 65.9 cm³/mol. The van der Waals surface area contributed by atoms with Gasteiger partial charge >= 0.3 is 11.9 Å². The van der Waals surface area contributed by atoms with Crippen molar-refractivity contribution >= 4 is 11.9 Å². The molecule has 4 nitrogen and oxygen atoms in total. The van der Waals surface area contributed by atoms with Gasteiger partial charge in [-0.3, -0.25) is 9.59 Å². The lowest BCUT2D eigenvalue weighted by molar-refractivity contribution is -0.146. The molecule has 3 atom stereocenters. The van der Waals surface area contributed by atoms with E-state index in [4.69, 9.17) is 4.74 Å². The largest absolute Gasteiger partial charge is 0.481 e. The first-order valence-corrected chi connectivity index (χ1v) is 6.31. The van der Waals surface area contributed by atoms with Gasteiger partial charge in [0.05, 0.1) is 5.92 Å². The topological polar surface area (TPSA) is 63.6 Å². The minimum absolute atomic E-state index is 0.205. The zero-order valence-corrected chi connectivity index (χ0v) is 10.7. The molecule has 0 aromatic carbocycles. The van der Waals surface area contributed by atoms with E-state index >= 15 is 0 Å². The maximum atomic E-state index is 11.2. The summed E-state index contributed by atoms with van der Waals surface area (Å²) in [6.45, 7) is 3.41. The molecule has 0 bridgehead atoms. The van der Waals surface area contributed by atoms with Crippen LogP contribution in [0, 0.1) is 11.8 Å². The first-order chi connectivity index (χ1) is 8.50. The van der Waals surface area contributed by atoms with Gasteiger partial charge in [0.1, 0.15) is 6.10 Å². The van der Waals surface area contributed by atoms with Gasteiger partial charge < -0.3 is 9.84 Å². The van der Waals surface area contributed by atoms with Crippen molar-refractivity contribution in [2.75, 3.05) is 0 Å². The zero-order chi connectivity index (χ0) is 13.3. The highest BCUT2D eigenvalue weighted by Gasteiger charge is 2.37. The SMILES string of the molecule is CC(=O)OC1C2=CCCC(C(=O)O)C2=CCC1C. The lowest BCUT2D eigenvalue weighted by Gasteiger charge is -2.35. The van der Waals surface area contributed by atoms with Crippen molar-refractivity contribution in [2.24, 2.45) is 11.8 Å². The van der Waals surface area contributed by atoms with E-state index in [-0.39, 0.29) is 18.0 Å². The summed E-state index contributed by atoms with van der Waals surface area (Å²) < 4.78 is 5.36. The highest BCUT2D eigenvalue weighted by Crippen LogP contribution is 2.40. The lowest BCUT2D eigenvalue weighted by atomic mass is 9.74. The zero-order valence-electron chi connectivity index (χ0n) is 10.7. The van der Waals surface area contributed by atoms with E-state index in [0.29, 0.717) is 6.42 Å². The van der Waals surface area contributed by atoms with Crippen LogP contribution >= 0.6 is 0 Å². The fourth-order valence-corrected chi connectivity index (χ4v) is 2.78. The van der Waals surface area contributed by atoms with Crippen molar-refractivity contribution in [3.63, 3.8) is 0 Å². The van der Waals surface area contributed by atoms with Crippen molar-refractivity contribution in [1.29, 1.82) is 0 Å². The first-order valence-electron chi connectivity index (χ1n) is 6.31. The van der Waals surface area contributed by atoms with E-state index in [1.165, 1.54) is 6.92 Å². The maximum Gasteiger partial charge on any atom is 0.310 e. The average Bonchev–Trinajstić information content (AvgIpc) is 2.31. The Kier molecular flexibility index (Phi) is 3.55. The molecule has 0 fully saturated rings. The molecule has 4 heteroatoms. The van der Waals surface area contributed by atoms with Crippen LogP contribution in [0.2, 0.25) is 0 Å². The molecule has 0 saturated heterocycles. The highest BCUT2D eigenvalue weighted by atomic mass is 16.5. The molecule has 2 aliphatic carbocycles. The quantitative estimate of drug-likeness (QED) is 0.764. The lowest BCUT2D eigenvalue weighted by Crippen LogP contribution is -2.34. The summed E-state index contributed by atoms with van der Waals surface area (Å²) in [5, 5.41) is 9.24. The Balaban J connectivity index is 2.32. The molecule has 0 aliphatic heterocycles. The Morgan fingerprint density at radius 1 is 1.33 bits per heavy atom. The Labute approximate surface area is 106 Å². The van der Waals surface area contributed by atoms with Crippen LogP contribution in [0.15, 0.2) is 23.3 Å². The number of aliphatic carboxylic acids is 1. The molecule has 0 radical (unpaired) electrons. The van der Waals surface area contributed by atoms with Crippen LogP contribution in [-0.4, -0.2) is 23.1 Å². The number of allylic oxidation sites excluding steroid dienone is 2. The highest BCUT2D eigenvalue weighted by molar-refractivity contribution is 5.76. The van der Waals surface area contributed by atoms with Crippen molar-refractivity contribution in [3.8, 4) is 0 Å². The molecule has 1 N–H and O–H groups in total. The second kappa shape index (κ2) is 4.96. The summed E-state index contributed by atoms with van der Waals surface area (Å²) in [6.07, 6.45) is 5.85. The molecule has 3 unspecified atom stereocenters. The van der Waals surface area contributed by atoms with Gasteiger partial charge in [-0.25, -0.2) is 0 Å². The third-order valence-corrected chi connectivity index (χ3v) is 3.65. The van der Waals surface area contributed by atoms with Crippen LogP contribution < -0.4 is 0 Å². The number of carbonyl (C=O) groups excluding carboxylic acids is 1. The maximum absolute atomic E-state index is 11.2. The number of carbonyl (C=O) groups is 2. The summed E-state index contributed by atoms with van der Waals surface area (Å²) in [4.78, 5) is 22.4. The minimum atomic E-state index is -0.789. The summed E-state index contributed by atoms with van der Waals surface area (Å²) in [7, 11) is 0. The van der Waals surface area contributed by atoms with E-state index in [0.717, 1.165) is 24.0 Å². The van der Waals surface area contributed by atoms with Crippen LogP contribution in [0.1, 0.15) is 33.1 Å². The molecule has 0 spiro atoms. The smallest absolute Gasteiger partial charge is 0.310 e. The number of carboxylic acids is 1. The fraction of sp³-hybridized carbons (Fsp3) is 0.571. The summed E-state index contributed by atoms with van der Waals surface area (Å²) >= 11 is 0. The van der Waals surface area contributed by atoms with Crippen molar-refractivity contribution in [1.82, 2.24) is 0 Å². The second-order valence-electron chi connectivity index (χ2n) is 5.03. The summed E-state index contributed by atoms with van der Waals surface area (Å²) in [5.74, 6) is -1.35. The van der Waals surface area contributed by atoms with Crippen molar-refractivity contribution in [3.05, 3.63) is 23.3 Å². The monoisotopic (exact) mass is 250 g/mol. The van der Waals surface area contributed by atoms with Crippen LogP contribution in [0.5, 0.6) is 0 Å². The predicted octanol–water partition coefficient (Wildman–Crippen LogP) is 2.31. The van der Waals surface area contributed by atoms with E-state index in [1.807, 2.05) is 19.1 Å². The second-order valence-corrected chi connectivity index (χ2v) is 5.03. The van der Waals surface area contributed by atoms with Crippen LogP contribution in [0.3, 0.4) is 0 Å². The van der Waals surface area contributed by atoms with Gasteiger partial charge in [-0.05, 0) is 30.4 Å². The number of ether oxygens (including phenoxy) is 1. The number of esters is 1. The Bertz CT molecular complexity index is 433. The molecule has 18 heavy (non-hydrogen) atoms. The molecule has 0 aromatic rings.